The molecule has 0 fully saturated rings. The van der Waals surface area contributed by atoms with Crippen LogP contribution in [0.1, 0.15) is 31.0 Å². The van der Waals surface area contributed by atoms with Crippen molar-refractivity contribution in [3.05, 3.63) is 65.7 Å². The molecule has 0 aromatic heterocycles. The number of aliphatic imine (C=N–C) groups is 1. The van der Waals surface area contributed by atoms with Gasteiger partial charge in [-0.2, -0.15) is 0 Å². The molecule has 0 aliphatic carbocycles. The van der Waals surface area contributed by atoms with Gasteiger partial charge in [-0.05, 0) is 31.5 Å². The van der Waals surface area contributed by atoms with Crippen LogP contribution in [0.25, 0.3) is 0 Å². The summed E-state index contributed by atoms with van der Waals surface area (Å²) in [6, 6.07) is 14.5. The van der Waals surface area contributed by atoms with Crippen molar-refractivity contribution in [2.75, 3.05) is 6.61 Å². The topological polar surface area (TPSA) is 114 Å². The molecule has 2 atom stereocenters. The van der Waals surface area contributed by atoms with Gasteiger partial charge < -0.3 is 10.1 Å². The van der Waals surface area contributed by atoms with E-state index in [1.54, 1.807) is 18.2 Å². The molecule has 0 bridgehead atoms. The molecule has 2 unspecified atom stereocenters. The van der Waals surface area contributed by atoms with Crippen molar-refractivity contribution in [3.8, 4) is 0 Å². The third-order valence-corrected chi connectivity index (χ3v) is 5.75. The van der Waals surface area contributed by atoms with E-state index < -0.39 is 34.5 Å². The first-order valence-electron chi connectivity index (χ1n) is 8.99. The molecule has 152 valence electrons. The fraction of sp³-hybridized carbons (Fsp3) is 0.250. The normalized spacial score (nSPS) is 17.7. The summed E-state index contributed by atoms with van der Waals surface area (Å²) in [7, 11) is -3.69. The lowest BCUT2D eigenvalue weighted by atomic mass is 10.1. The number of carbonyl (C=O) groups excluding carboxylic acids is 2. The average molecular weight is 415 g/mol. The summed E-state index contributed by atoms with van der Waals surface area (Å²) in [5.41, 5.74) is 1.32. The van der Waals surface area contributed by atoms with Gasteiger partial charge in [-0.25, -0.2) is 13.2 Å². The Bertz CT molecular complexity index is 1050. The van der Waals surface area contributed by atoms with Crippen LogP contribution in [0.2, 0.25) is 0 Å². The highest BCUT2D eigenvalue weighted by Crippen LogP contribution is 2.22. The summed E-state index contributed by atoms with van der Waals surface area (Å²) in [5, 5.41) is 2.74. The Hall–Kier alpha value is -3.20. The summed E-state index contributed by atoms with van der Waals surface area (Å²) in [6.45, 7) is 2.84. The molecule has 1 heterocycles. The van der Waals surface area contributed by atoms with Gasteiger partial charge >= 0.3 is 5.97 Å². The van der Waals surface area contributed by atoms with E-state index >= 15 is 0 Å². The third kappa shape index (κ3) is 4.80. The Balaban J connectivity index is 1.57. The molecule has 2 aromatic rings. The van der Waals surface area contributed by atoms with Crippen LogP contribution in [-0.4, -0.2) is 38.8 Å². The van der Waals surface area contributed by atoms with Gasteiger partial charge in [-0.15, -0.1) is 0 Å². The van der Waals surface area contributed by atoms with E-state index in [-0.39, 0.29) is 16.8 Å². The quantitative estimate of drug-likeness (QED) is 0.695. The summed E-state index contributed by atoms with van der Waals surface area (Å²) in [6.07, 6.45) is 0. The van der Waals surface area contributed by atoms with Gasteiger partial charge in [0, 0.05) is 5.56 Å². The van der Waals surface area contributed by atoms with Gasteiger partial charge in [-0.3, -0.25) is 14.5 Å². The summed E-state index contributed by atoms with van der Waals surface area (Å²) in [5.74, 6) is -1.10. The molecule has 2 N–H and O–H groups in total. The van der Waals surface area contributed by atoms with Gasteiger partial charge in [0.15, 0.2) is 6.61 Å². The van der Waals surface area contributed by atoms with Crippen molar-refractivity contribution >= 4 is 27.7 Å². The second-order valence-corrected chi connectivity index (χ2v) is 8.21. The molecule has 2 aromatic carbocycles. The third-order valence-electron chi connectivity index (χ3n) is 4.35. The van der Waals surface area contributed by atoms with Crippen molar-refractivity contribution in [2.45, 2.75) is 30.8 Å². The number of amidine groups is 1. The van der Waals surface area contributed by atoms with Crippen LogP contribution in [-0.2, 0) is 24.3 Å². The number of rotatable bonds is 6. The van der Waals surface area contributed by atoms with E-state index in [2.05, 4.69) is 15.0 Å². The first-order chi connectivity index (χ1) is 13.8. The number of ether oxygens (including phenoxy) is 1. The van der Waals surface area contributed by atoms with Crippen LogP contribution in [0.5, 0.6) is 0 Å². The Morgan fingerprint density at radius 1 is 1.07 bits per heavy atom. The molecule has 1 amide bonds. The Morgan fingerprint density at radius 2 is 1.72 bits per heavy atom. The fourth-order valence-electron chi connectivity index (χ4n) is 2.84. The number of sulfonamides is 1. The molecule has 1 aliphatic heterocycles. The Labute approximate surface area is 169 Å². The van der Waals surface area contributed by atoms with Gasteiger partial charge in [0.25, 0.3) is 15.9 Å². The van der Waals surface area contributed by atoms with E-state index in [0.29, 0.717) is 5.56 Å². The van der Waals surface area contributed by atoms with Gasteiger partial charge in [0.05, 0.1) is 10.9 Å². The summed E-state index contributed by atoms with van der Waals surface area (Å²) < 4.78 is 31.5. The number of benzene rings is 2. The Kier molecular flexibility index (Phi) is 5.97. The minimum absolute atomic E-state index is 0.0761. The summed E-state index contributed by atoms with van der Waals surface area (Å²) >= 11 is 0. The molecule has 0 spiro atoms. The molecular weight excluding hydrogens is 394 g/mol. The first-order valence-corrected chi connectivity index (χ1v) is 10.5. The van der Waals surface area contributed by atoms with E-state index in [1.165, 1.54) is 13.0 Å². The molecule has 8 nitrogen and oxygen atoms in total. The number of esters is 1. The molecule has 3 rings (SSSR count). The molecule has 0 saturated heterocycles. The van der Waals surface area contributed by atoms with Crippen LogP contribution >= 0.6 is 0 Å². The van der Waals surface area contributed by atoms with Crippen LogP contribution in [0, 0.1) is 0 Å². The highest BCUT2D eigenvalue weighted by molar-refractivity contribution is 7.90. The maximum atomic E-state index is 12.2. The van der Waals surface area contributed by atoms with Gasteiger partial charge in [0.1, 0.15) is 11.9 Å². The number of fused-ring (bicyclic) bond motifs is 1. The lowest BCUT2D eigenvalue weighted by molar-refractivity contribution is -0.149. The Morgan fingerprint density at radius 3 is 2.45 bits per heavy atom. The van der Waals surface area contributed by atoms with Crippen LogP contribution < -0.4 is 10.0 Å². The summed E-state index contributed by atoms with van der Waals surface area (Å²) in [4.78, 5) is 28.4. The monoisotopic (exact) mass is 415 g/mol. The van der Waals surface area contributed by atoms with Crippen LogP contribution in [0.3, 0.4) is 0 Å². The number of hydrogen-bond acceptors (Lipinski definition) is 6. The molecule has 9 heteroatoms. The van der Waals surface area contributed by atoms with Crippen molar-refractivity contribution in [1.29, 1.82) is 0 Å². The molecule has 29 heavy (non-hydrogen) atoms. The number of carbonyl (C=O) groups is 2. The zero-order valence-electron chi connectivity index (χ0n) is 16.0. The molecule has 1 aliphatic rings. The zero-order valence-corrected chi connectivity index (χ0v) is 16.8. The second-order valence-electron chi connectivity index (χ2n) is 6.56. The minimum Gasteiger partial charge on any atom is -0.454 e. The van der Waals surface area contributed by atoms with Crippen LogP contribution in [0.4, 0.5) is 0 Å². The fourth-order valence-corrected chi connectivity index (χ4v) is 4.08. The molecular formula is C20H21N3O5S. The number of hydrogen-bond donors (Lipinski definition) is 2. The second kappa shape index (κ2) is 8.44. The zero-order chi connectivity index (χ0) is 21.0. The SMILES string of the molecule is CC(N=C1NS(=O)(=O)c2ccccc21)C(=O)OCC(=O)NC(C)c1ccccc1. The van der Waals surface area contributed by atoms with Crippen molar-refractivity contribution in [1.82, 2.24) is 10.0 Å². The van der Waals surface area contributed by atoms with Crippen molar-refractivity contribution in [3.63, 3.8) is 0 Å². The van der Waals surface area contributed by atoms with Crippen LogP contribution in [0.15, 0.2) is 64.5 Å². The van der Waals surface area contributed by atoms with E-state index in [1.807, 2.05) is 37.3 Å². The molecule has 0 saturated carbocycles. The average Bonchev–Trinajstić information content (AvgIpc) is 2.97. The maximum Gasteiger partial charge on any atom is 0.331 e. The number of amides is 1. The highest BCUT2D eigenvalue weighted by atomic mass is 32.2. The smallest absolute Gasteiger partial charge is 0.331 e. The lowest BCUT2D eigenvalue weighted by Crippen LogP contribution is -2.33. The van der Waals surface area contributed by atoms with E-state index in [0.717, 1.165) is 5.56 Å². The standard InChI is InChI=1S/C20H21N3O5S/c1-13(15-8-4-3-5-9-15)21-18(24)12-28-20(25)14(2)22-19-16-10-6-7-11-17(16)29(26,27)23-19/h3-11,13-14H,12H2,1-2H3,(H,21,24)(H,22,23). The lowest BCUT2D eigenvalue weighted by Gasteiger charge is -2.15. The minimum atomic E-state index is -3.69. The first kappa shape index (κ1) is 20.5. The predicted octanol–water partition coefficient (Wildman–Crippen LogP) is 1.53. The van der Waals surface area contributed by atoms with E-state index in [4.69, 9.17) is 4.74 Å². The van der Waals surface area contributed by atoms with Gasteiger partial charge in [-0.1, -0.05) is 42.5 Å². The number of nitrogens with zero attached hydrogens (tertiary/aromatic N) is 1. The molecule has 0 radical (unpaired) electrons. The maximum absolute atomic E-state index is 12.2. The highest BCUT2D eigenvalue weighted by Gasteiger charge is 2.31. The van der Waals surface area contributed by atoms with Gasteiger partial charge in [0.2, 0.25) is 0 Å². The van der Waals surface area contributed by atoms with Crippen molar-refractivity contribution in [2.24, 2.45) is 4.99 Å². The predicted molar refractivity (Wildman–Crippen MR) is 107 cm³/mol. The number of nitrogens with one attached hydrogen (secondary N) is 2. The van der Waals surface area contributed by atoms with Crippen molar-refractivity contribution < 1.29 is 22.7 Å². The van der Waals surface area contributed by atoms with E-state index in [9.17, 15) is 18.0 Å². The largest absolute Gasteiger partial charge is 0.454 e.